The first-order valence-corrected chi connectivity index (χ1v) is 9.42. The van der Waals surface area contributed by atoms with E-state index in [1.807, 2.05) is 12.1 Å². The molecule has 140 valence electrons. The highest BCUT2D eigenvalue weighted by Crippen LogP contribution is 2.37. The van der Waals surface area contributed by atoms with Crippen LogP contribution in [0.25, 0.3) is 11.0 Å². The fraction of sp³-hybridized carbons (Fsp3) is 0.286. The molecule has 0 aliphatic carbocycles. The van der Waals surface area contributed by atoms with Crippen molar-refractivity contribution in [1.29, 1.82) is 0 Å². The molecule has 0 radical (unpaired) electrons. The Labute approximate surface area is 161 Å². The molecule has 0 bridgehead atoms. The monoisotopic (exact) mass is 388 g/mol. The highest BCUT2D eigenvalue weighted by molar-refractivity contribution is 6.33. The van der Waals surface area contributed by atoms with Crippen molar-refractivity contribution in [3.63, 3.8) is 0 Å². The lowest BCUT2D eigenvalue weighted by Gasteiger charge is -2.27. The lowest BCUT2D eigenvalue weighted by molar-refractivity contribution is -0.945. The zero-order chi connectivity index (χ0) is 19.0. The van der Waals surface area contributed by atoms with E-state index in [1.54, 1.807) is 12.1 Å². The molecule has 1 unspecified atom stereocenters. The third-order valence-electron chi connectivity index (χ3n) is 4.89. The van der Waals surface area contributed by atoms with E-state index in [9.17, 15) is 9.18 Å². The zero-order valence-electron chi connectivity index (χ0n) is 15.0. The lowest BCUT2D eigenvalue weighted by Crippen LogP contribution is -3.11. The van der Waals surface area contributed by atoms with E-state index in [0.29, 0.717) is 41.7 Å². The summed E-state index contributed by atoms with van der Waals surface area (Å²) in [4.78, 5) is 13.1. The average Bonchev–Trinajstić information content (AvgIpc) is 2.65. The van der Waals surface area contributed by atoms with E-state index in [-0.39, 0.29) is 11.4 Å². The van der Waals surface area contributed by atoms with Gasteiger partial charge in [0, 0.05) is 17.0 Å². The molecule has 0 saturated heterocycles. The van der Waals surface area contributed by atoms with Gasteiger partial charge in [-0.15, -0.1) is 0 Å². The van der Waals surface area contributed by atoms with Crippen molar-refractivity contribution < 1.29 is 18.4 Å². The summed E-state index contributed by atoms with van der Waals surface area (Å²) in [6.45, 7) is 3.44. The van der Waals surface area contributed by atoms with Gasteiger partial charge in [-0.05, 0) is 24.1 Å². The molecule has 2 heterocycles. The number of nitrogens with one attached hydrogen (secondary N) is 1. The summed E-state index contributed by atoms with van der Waals surface area (Å²) in [5, 5.41) is 1.35. The van der Waals surface area contributed by atoms with Crippen LogP contribution in [-0.4, -0.2) is 6.73 Å². The van der Waals surface area contributed by atoms with Gasteiger partial charge in [0.1, 0.15) is 18.9 Å². The third kappa shape index (κ3) is 3.45. The summed E-state index contributed by atoms with van der Waals surface area (Å²) in [5.41, 5.74) is 2.46. The fourth-order valence-electron chi connectivity index (χ4n) is 3.67. The molecule has 0 amide bonds. The Morgan fingerprint density at radius 1 is 1.22 bits per heavy atom. The van der Waals surface area contributed by atoms with E-state index in [2.05, 4.69) is 6.92 Å². The van der Waals surface area contributed by atoms with Gasteiger partial charge in [0.25, 0.3) is 0 Å². The minimum atomic E-state index is -0.378. The van der Waals surface area contributed by atoms with Gasteiger partial charge in [-0.3, -0.25) is 4.90 Å². The molecule has 0 spiro atoms. The van der Waals surface area contributed by atoms with Gasteiger partial charge in [0.2, 0.25) is 6.73 Å². The molecule has 0 fully saturated rings. The maximum Gasteiger partial charge on any atom is 0.336 e. The first kappa shape index (κ1) is 18.0. The summed E-state index contributed by atoms with van der Waals surface area (Å²) in [6.07, 6.45) is 1.68. The number of rotatable bonds is 4. The van der Waals surface area contributed by atoms with Gasteiger partial charge in [0.05, 0.1) is 10.6 Å². The van der Waals surface area contributed by atoms with Crippen LogP contribution in [-0.2, 0) is 19.5 Å². The number of halogens is 2. The first-order chi connectivity index (χ1) is 13.1. The van der Waals surface area contributed by atoms with Crippen LogP contribution in [0.2, 0.25) is 5.02 Å². The molecule has 1 aromatic heterocycles. The molecule has 1 N–H and O–H groups in total. The first-order valence-electron chi connectivity index (χ1n) is 9.04. The largest absolute Gasteiger partial charge is 0.443 e. The predicted octanol–water partition coefficient (Wildman–Crippen LogP) is 3.47. The Balaban J connectivity index is 1.77. The van der Waals surface area contributed by atoms with Crippen LogP contribution in [0.3, 0.4) is 0 Å². The third-order valence-corrected chi connectivity index (χ3v) is 5.17. The molecule has 4 rings (SSSR count). The number of ether oxygens (including phenoxy) is 1. The molecule has 3 aromatic rings. The van der Waals surface area contributed by atoms with E-state index < -0.39 is 0 Å². The molecule has 1 aliphatic heterocycles. The normalized spacial score (nSPS) is 16.2. The lowest BCUT2D eigenvalue weighted by atomic mass is 10.0. The Morgan fingerprint density at radius 3 is 2.81 bits per heavy atom. The van der Waals surface area contributed by atoms with Crippen molar-refractivity contribution >= 4 is 22.6 Å². The van der Waals surface area contributed by atoms with Crippen LogP contribution in [0, 0.1) is 5.82 Å². The molecule has 2 aromatic carbocycles. The van der Waals surface area contributed by atoms with Gasteiger partial charge in [0.15, 0.2) is 11.3 Å². The molecular weight excluding hydrogens is 369 g/mol. The van der Waals surface area contributed by atoms with Crippen molar-refractivity contribution in [2.75, 3.05) is 6.73 Å². The summed E-state index contributed by atoms with van der Waals surface area (Å²) in [7, 11) is 0. The quantitative estimate of drug-likeness (QED) is 0.696. The van der Waals surface area contributed by atoms with E-state index in [4.69, 9.17) is 20.8 Å². The average molecular weight is 389 g/mol. The molecular formula is C21H20ClFNO3+. The summed E-state index contributed by atoms with van der Waals surface area (Å²) in [6, 6.07) is 10.1. The molecule has 1 atom stereocenters. The molecule has 1 aliphatic rings. The SMILES string of the molecule is CCCc1cc(=O)oc2c3c(c(Cl)cc12)OC[NH+](Cc1ccccc1F)C3. The Kier molecular flexibility index (Phi) is 4.89. The summed E-state index contributed by atoms with van der Waals surface area (Å²) >= 11 is 6.45. The number of hydrogen-bond donors (Lipinski definition) is 1. The highest BCUT2D eigenvalue weighted by atomic mass is 35.5. The van der Waals surface area contributed by atoms with Crippen molar-refractivity contribution in [1.82, 2.24) is 0 Å². The van der Waals surface area contributed by atoms with Crippen LogP contribution in [0.1, 0.15) is 30.0 Å². The van der Waals surface area contributed by atoms with Crippen LogP contribution in [0.5, 0.6) is 5.75 Å². The zero-order valence-corrected chi connectivity index (χ0v) is 15.7. The van der Waals surface area contributed by atoms with Gasteiger partial charge in [-0.1, -0.05) is 43.1 Å². The van der Waals surface area contributed by atoms with Crippen molar-refractivity contribution in [3.8, 4) is 5.75 Å². The van der Waals surface area contributed by atoms with Gasteiger partial charge in [-0.2, -0.15) is 0 Å². The minimum absolute atomic E-state index is 0.233. The summed E-state index contributed by atoms with van der Waals surface area (Å²) in [5.74, 6) is 0.321. The van der Waals surface area contributed by atoms with E-state index in [1.165, 1.54) is 12.1 Å². The molecule has 4 nitrogen and oxygen atoms in total. The van der Waals surface area contributed by atoms with E-state index >= 15 is 0 Å². The van der Waals surface area contributed by atoms with Gasteiger partial charge < -0.3 is 9.15 Å². The predicted molar refractivity (Wildman–Crippen MR) is 102 cm³/mol. The molecule has 0 saturated carbocycles. The topological polar surface area (TPSA) is 43.9 Å². The Morgan fingerprint density at radius 2 is 2.04 bits per heavy atom. The van der Waals surface area contributed by atoms with Crippen molar-refractivity contribution in [2.45, 2.75) is 32.9 Å². The maximum absolute atomic E-state index is 14.0. The smallest absolute Gasteiger partial charge is 0.336 e. The van der Waals surface area contributed by atoms with Gasteiger partial charge in [-0.25, -0.2) is 9.18 Å². The van der Waals surface area contributed by atoms with Gasteiger partial charge >= 0.3 is 5.63 Å². The van der Waals surface area contributed by atoms with Crippen LogP contribution in [0.15, 0.2) is 45.6 Å². The number of benzene rings is 2. The standard InChI is InChI=1S/C21H19ClFNO3/c1-2-5-13-8-19(25)27-20-15(13)9-17(22)21-16(20)11-24(12-26-21)10-14-6-3-4-7-18(14)23/h3-4,6-9H,2,5,10-12H2,1H3/p+1. The maximum atomic E-state index is 14.0. The molecule has 6 heteroatoms. The second-order valence-electron chi connectivity index (χ2n) is 6.87. The van der Waals surface area contributed by atoms with Crippen molar-refractivity contribution in [3.05, 3.63) is 74.3 Å². The van der Waals surface area contributed by atoms with Crippen LogP contribution < -0.4 is 15.3 Å². The summed E-state index contributed by atoms with van der Waals surface area (Å²) < 4.78 is 25.4. The van der Waals surface area contributed by atoms with Crippen molar-refractivity contribution in [2.24, 2.45) is 0 Å². The number of fused-ring (bicyclic) bond motifs is 3. The Hall–Kier alpha value is -2.37. The number of aryl methyl sites for hydroxylation is 1. The fourth-order valence-corrected chi connectivity index (χ4v) is 3.94. The minimum Gasteiger partial charge on any atom is -0.443 e. The van der Waals surface area contributed by atoms with Crippen LogP contribution >= 0.6 is 11.6 Å². The Bertz CT molecular complexity index is 1060. The molecule has 27 heavy (non-hydrogen) atoms. The number of hydrogen-bond acceptors (Lipinski definition) is 3. The highest BCUT2D eigenvalue weighted by Gasteiger charge is 2.28. The van der Waals surface area contributed by atoms with E-state index in [0.717, 1.165) is 34.3 Å². The van der Waals surface area contributed by atoms with Crippen LogP contribution in [0.4, 0.5) is 4.39 Å². The second-order valence-corrected chi connectivity index (χ2v) is 7.27. The number of quaternary nitrogens is 1. The second kappa shape index (κ2) is 7.33.